The van der Waals surface area contributed by atoms with Crippen molar-refractivity contribution in [3.05, 3.63) is 29.6 Å². The fourth-order valence-electron chi connectivity index (χ4n) is 3.17. The molecule has 0 aliphatic heterocycles. The first kappa shape index (κ1) is 14.8. The summed E-state index contributed by atoms with van der Waals surface area (Å²) < 4.78 is 13.5. The van der Waals surface area contributed by atoms with Gasteiger partial charge in [0.2, 0.25) is 0 Å². The van der Waals surface area contributed by atoms with Crippen LogP contribution in [-0.4, -0.2) is 5.54 Å². The van der Waals surface area contributed by atoms with Crippen LogP contribution in [0.3, 0.4) is 0 Å². The molecule has 1 fully saturated rings. The van der Waals surface area contributed by atoms with Crippen LogP contribution < -0.4 is 5.32 Å². The van der Waals surface area contributed by atoms with Crippen LogP contribution in [0.4, 0.5) is 10.1 Å². The molecule has 20 heavy (non-hydrogen) atoms. The molecule has 0 saturated heterocycles. The molecule has 1 aromatic rings. The van der Waals surface area contributed by atoms with Gasteiger partial charge in [0.15, 0.2) is 0 Å². The lowest BCUT2D eigenvalue weighted by atomic mass is 9.90. The first-order valence-electron chi connectivity index (χ1n) is 7.53. The summed E-state index contributed by atoms with van der Waals surface area (Å²) in [7, 11) is 0. The maximum Gasteiger partial charge on any atom is 0.125 e. The minimum absolute atomic E-state index is 0.249. The number of nitriles is 1. The van der Waals surface area contributed by atoms with E-state index in [1.165, 1.54) is 25.0 Å². The third kappa shape index (κ3) is 3.50. The zero-order chi connectivity index (χ0) is 14.6. The van der Waals surface area contributed by atoms with Gasteiger partial charge in [-0.1, -0.05) is 19.8 Å². The number of anilines is 1. The number of benzene rings is 1. The molecule has 1 aromatic carbocycles. The number of nitrogens with one attached hydrogen (secondary N) is 1. The van der Waals surface area contributed by atoms with Crippen molar-refractivity contribution in [3.8, 4) is 6.07 Å². The van der Waals surface area contributed by atoms with Gasteiger partial charge in [-0.15, -0.1) is 0 Å². The Labute approximate surface area is 121 Å². The lowest BCUT2D eigenvalue weighted by Gasteiger charge is -2.28. The summed E-state index contributed by atoms with van der Waals surface area (Å²) in [5, 5.41) is 12.9. The van der Waals surface area contributed by atoms with E-state index < -0.39 is 5.54 Å². The summed E-state index contributed by atoms with van der Waals surface area (Å²) in [5.74, 6) is 0.474. The van der Waals surface area contributed by atoms with E-state index >= 15 is 0 Å². The van der Waals surface area contributed by atoms with Gasteiger partial charge in [0.05, 0.1) is 6.07 Å². The molecule has 1 N–H and O–H groups in total. The van der Waals surface area contributed by atoms with Gasteiger partial charge in [0.25, 0.3) is 0 Å². The van der Waals surface area contributed by atoms with Crippen molar-refractivity contribution < 1.29 is 4.39 Å². The summed E-state index contributed by atoms with van der Waals surface area (Å²) in [5.41, 5.74) is 1.06. The van der Waals surface area contributed by atoms with E-state index in [0.717, 1.165) is 42.9 Å². The summed E-state index contributed by atoms with van der Waals surface area (Å²) in [6.45, 7) is 4.08. The Morgan fingerprint density at radius 1 is 1.35 bits per heavy atom. The van der Waals surface area contributed by atoms with Crippen LogP contribution in [0.5, 0.6) is 0 Å². The molecule has 2 unspecified atom stereocenters. The van der Waals surface area contributed by atoms with Gasteiger partial charge in [0.1, 0.15) is 11.4 Å². The maximum absolute atomic E-state index is 13.5. The lowest BCUT2D eigenvalue weighted by Crippen LogP contribution is -2.36. The quantitative estimate of drug-likeness (QED) is 0.804. The number of rotatable bonds is 3. The maximum atomic E-state index is 13.5. The second kappa shape index (κ2) is 6.26. The van der Waals surface area contributed by atoms with E-state index in [-0.39, 0.29) is 5.82 Å². The summed E-state index contributed by atoms with van der Waals surface area (Å²) in [6, 6.07) is 7.35. The Kier molecular flexibility index (Phi) is 4.65. The molecule has 0 bridgehead atoms. The summed E-state index contributed by atoms with van der Waals surface area (Å²) in [6.07, 6.45) is 6.20. The van der Waals surface area contributed by atoms with Crippen molar-refractivity contribution in [2.45, 2.75) is 57.9 Å². The van der Waals surface area contributed by atoms with Crippen LogP contribution in [-0.2, 0) is 0 Å². The highest BCUT2D eigenvalue weighted by molar-refractivity contribution is 5.50. The predicted molar refractivity (Wildman–Crippen MR) is 80.0 cm³/mol. The fraction of sp³-hybridized carbons (Fsp3) is 0.588. The molecule has 0 radical (unpaired) electrons. The molecule has 2 atom stereocenters. The largest absolute Gasteiger partial charge is 0.367 e. The molecule has 2 nitrogen and oxygen atoms in total. The van der Waals surface area contributed by atoms with E-state index in [0.29, 0.717) is 0 Å². The number of hydrogen-bond donors (Lipinski definition) is 1. The molecule has 0 aromatic heterocycles. The van der Waals surface area contributed by atoms with Crippen LogP contribution >= 0.6 is 0 Å². The molecular formula is C17H23FN2. The fourth-order valence-corrected chi connectivity index (χ4v) is 3.17. The predicted octanol–water partition coefficient (Wildman–Crippen LogP) is 4.80. The van der Waals surface area contributed by atoms with E-state index in [2.05, 4.69) is 18.3 Å². The first-order chi connectivity index (χ1) is 9.57. The third-order valence-electron chi connectivity index (χ3n) is 4.41. The molecular weight excluding hydrogens is 251 g/mol. The van der Waals surface area contributed by atoms with Crippen molar-refractivity contribution in [2.24, 2.45) is 5.92 Å². The molecule has 2 rings (SSSR count). The van der Waals surface area contributed by atoms with Gasteiger partial charge in [-0.05, 0) is 62.3 Å². The average molecular weight is 274 g/mol. The molecule has 3 heteroatoms. The smallest absolute Gasteiger partial charge is 0.125 e. The van der Waals surface area contributed by atoms with Gasteiger partial charge in [-0.25, -0.2) is 4.39 Å². The molecule has 1 aliphatic carbocycles. The Morgan fingerprint density at radius 3 is 2.80 bits per heavy atom. The van der Waals surface area contributed by atoms with Crippen molar-refractivity contribution in [2.75, 3.05) is 5.32 Å². The molecule has 0 heterocycles. The van der Waals surface area contributed by atoms with Gasteiger partial charge in [-0.2, -0.15) is 5.26 Å². The van der Waals surface area contributed by atoms with Crippen LogP contribution in [0, 0.1) is 30.0 Å². The van der Waals surface area contributed by atoms with Crippen molar-refractivity contribution >= 4 is 5.69 Å². The van der Waals surface area contributed by atoms with E-state index in [1.807, 2.05) is 13.0 Å². The van der Waals surface area contributed by atoms with Gasteiger partial charge < -0.3 is 5.32 Å². The molecule has 108 valence electrons. The zero-order valence-electron chi connectivity index (χ0n) is 12.4. The van der Waals surface area contributed by atoms with Crippen molar-refractivity contribution in [1.82, 2.24) is 0 Å². The van der Waals surface area contributed by atoms with Crippen molar-refractivity contribution in [1.29, 1.82) is 5.26 Å². The van der Waals surface area contributed by atoms with Crippen molar-refractivity contribution in [3.63, 3.8) is 0 Å². The molecule has 0 spiro atoms. The Bertz CT molecular complexity index is 486. The molecule has 0 amide bonds. The monoisotopic (exact) mass is 274 g/mol. The molecule has 1 aliphatic rings. The second-order valence-corrected chi connectivity index (χ2v) is 6.04. The number of aryl methyl sites for hydroxylation is 1. The number of hydrogen-bond acceptors (Lipinski definition) is 2. The number of nitrogens with zero attached hydrogens (tertiary/aromatic N) is 1. The van der Waals surface area contributed by atoms with E-state index in [4.69, 9.17) is 0 Å². The Hall–Kier alpha value is -1.56. The highest BCUT2D eigenvalue weighted by Crippen LogP contribution is 2.34. The number of halogens is 1. The minimum atomic E-state index is -0.538. The van der Waals surface area contributed by atoms with Crippen LogP contribution in [0.15, 0.2) is 18.2 Å². The summed E-state index contributed by atoms with van der Waals surface area (Å²) >= 11 is 0. The topological polar surface area (TPSA) is 35.8 Å². The Morgan fingerprint density at radius 2 is 2.15 bits per heavy atom. The van der Waals surface area contributed by atoms with E-state index in [1.54, 1.807) is 0 Å². The van der Waals surface area contributed by atoms with Crippen LogP contribution in [0.1, 0.15) is 51.0 Å². The van der Waals surface area contributed by atoms with Crippen LogP contribution in [0.25, 0.3) is 0 Å². The highest BCUT2D eigenvalue weighted by Gasteiger charge is 2.32. The minimum Gasteiger partial charge on any atom is -0.367 e. The third-order valence-corrected chi connectivity index (χ3v) is 4.41. The first-order valence-corrected chi connectivity index (χ1v) is 7.53. The normalized spacial score (nSPS) is 26.6. The van der Waals surface area contributed by atoms with Gasteiger partial charge in [0, 0.05) is 5.69 Å². The van der Waals surface area contributed by atoms with Gasteiger partial charge >= 0.3 is 0 Å². The summed E-state index contributed by atoms with van der Waals surface area (Å²) in [4.78, 5) is 0. The SMILES string of the molecule is CCC1CCCC(C#N)(Nc2cc(C)cc(F)c2)CC1. The molecule has 1 saturated carbocycles. The zero-order valence-corrected chi connectivity index (χ0v) is 12.4. The van der Waals surface area contributed by atoms with Crippen LogP contribution in [0.2, 0.25) is 0 Å². The lowest BCUT2D eigenvalue weighted by molar-refractivity contribution is 0.436. The van der Waals surface area contributed by atoms with Gasteiger partial charge in [-0.3, -0.25) is 0 Å². The van der Waals surface area contributed by atoms with E-state index in [9.17, 15) is 9.65 Å². The Balaban J connectivity index is 2.17. The standard InChI is InChI=1S/C17H23FN2/c1-3-14-5-4-7-17(12-19,8-6-14)20-16-10-13(2)9-15(18)11-16/h9-11,14,20H,3-8H2,1-2H3. The highest BCUT2D eigenvalue weighted by atomic mass is 19.1. The second-order valence-electron chi connectivity index (χ2n) is 6.04. The average Bonchev–Trinajstić information content (AvgIpc) is 2.60.